The summed E-state index contributed by atoms with van der Waals surface area (Å²) in [5.41, 5.74) is 1.09. The Morgan fingerprint density at radius 2 is 1.84 bits per heavy atom. The summed E-state index contributed by atoms with van der Waals surface area (Å²) in [7, 11) is 0. The molecule has 2 saturated heterocycles. The lowest BCUT2D eigenvalue weighted by molar-refractivity contribution is -0.136. The second-order valence-corrected chi connectivity index (χ2v) is 9.74. The Labute approximate surface area is 188 Å². The first-order valence-electron chi connectivity index (χ1n) is 10.4. The summed E-state index contributed by atoms with van der Waals surface area (Å²) < 4.78 is 0. The van der Waals surface area contributed by atoms with Gasteiger partial charge in [-0.2, -0.15) is 0 Å². The van der Waals surface area contributed by atoms with Crippen molar-refractivity contribution < 1.29 is 9.59 Å². The molecular formula is C22H23N5O2S2. The van der Waals surface area contributed by atoms with Crippen molar-refractivity contribution in [1.82, 2.24) is 20.0 Å². The van der Waals surface area contributed by atoms with Crippen LogP contribution in [0.2, 0.25) is 0 Å². The number of anilines is 1. The maximum absolute atomic E-state index is 13.1. The van der Waals surface area contributed by atoms with E-state index >= 15 is 0 Å². The number of hydrogen-bond donors (Lipinski definition) is 0. The Morgan fingerprint density at radius 3 is 2.58 bits per heavy atom. The minimum atomic E-state index is -0.241. The van der Waals surface area contributed by atoms with Crippen LogP contribution in [0.3, 0.4) is 0 Å². The molecule has 0 spiro atoms. The van der Waals surface area contributed by atoms with Gasteiger partial charge in [0.05, 0.1) is 10.8 Å². The van der Waals surface area contributed by atoms with Gasteiger partial charge in [-0.15, -0.1) is 21.5 Å². The van der Waals surface area contributed by atoms with E-state index in [0.29, 0.717) is 32.6 Å². The van der Waals surface area contributed by atoms with Gasteiger partial charge in [0.25, 0.3) is 0 Å². The Balaban J connectivity index is 1.16. The van der Waals surface area contributed by atoms with Crippen molar-refractivity contribution in [3.63, 3.8) is 0 Å². The van der Waals surface area contributed by atoms with E-state index in [9.17, 15) is 9.59 Å². The van der Waals surface area contributed by atoms with Gasteiger partial charge in [-0.05, 0) is 17.0 Å². The van der Waals surface area contributed by atoms with Crippen molar-refractivity contribution in [3.8, 4) is 9.88 Å². The first kappa shape index (κ1) is 20.1. The van der Waals surface area contributed by atoms with E-state index in [1.54, 1.807) is 22.7 Å². The molecule has 2 amide bonds. The molecule has 3 aromatic rings. The lowest BCUT2D eigenvalue weighted by Gasteiger charge is -2.35. The zero-order valence-corrected chi connectivity index (χ0v) is 18.6. The quantitative estimate of drug-likeness (QED) is 0.594. The second-order valence-electron chi connectivity index (χ2n) is 7.84. The van der Waals surface area contributed by atoms with Gasteiger partial charge < -0.3 is 14.7 Å². The molecule has 31 heavy (non-hydrogen) atoms. The van der Waals surface area contributed by atoms with E-state index < -0.39 is 0 Å². The minimum absolute atomic E-state index is 0.0656. The van der Waals surface area contributed by atoms with Crippen LogP contribution in [0, 0.1) is 5.92 Å². The lowest BCUT2D eigenvalue weighted by atomic mass is 10.1. The normalized spacial score (nSPS) is 19.3. The van der Waals surface area contributed by atoms with Crippen LogP contribution in [-0.2, 0) is 16.1 Å². The molecule has 7 nitrogen and oxygen atoms in total. The predicted molar refractivity (Wildman–Crippen MR) is 122 cm³/mol. The zero-order valence-electron chi connectivity index (χ0n) is 17.0. The molecule has 9 heteroatoms. The monoisotopic (exact) mass is 453 g/mol. The number of likely N-dealkylation sites (tertiary alicyclic amines) is 1. The molecule has 0 aliphatic carbocycles. The number of carbonyl (C=O) groups is 2. The smallest absolute Gasteiger partial charge is 0.228 e. The van der Waals surface area contributed by atoms with Gasteiger partial charge in [0.1, 0.15) is 0 Å². The maximum Gasteiger partial charge on any atom is 0.228 e. The van der Waals surface area contributed by atoms with E-state index in [0.717, 1.165) is 33.7 Å². The first-order valence-corrected chi connectivity index (χ1v) is 12.1. The molecule has 160 valence electrons. The topological polar surface area (TPSA) is 69.6 Å². The number of piperazine rings is 1. The highest BCUT2D eigenvalue weighted by molar-refractivity contribution is 7.22. The zero-order chi connectivity index (χ0) is 21.2. The third kappa shape index (κ3) is 4.33. The average molecular weight is 454 g/mol. The summed E-state index contributed by atoms with van der Waals surface area (Å²) >= 11 is 3.25. The van der Waals surface area contributed by atoms with Crippen molar-refractivity contribution in [1.29, 1.82) is 0 Å². The van der Waals surface area contributed by atoms with Gasteiger partial charge in [0.2, 0.25) is 16.9 Å². The fraction of sp³-hybridized carbons (Fsp3) is 0.364. The molecule has 4 heterocycles. The molecule has 0 bridgehead atoms. The van der Waals surface area contributed by atoms with E-state index in [1.165, 1.54) is 0 Å². The van der Waals surface area contributed by atoms with E-state index in [2.05, 4.69) is 21.2 Å². The van der Waals surface area contributed by atoms with E-state index in [-0.39, 0.29) is 17.7 Å². The number of rotatable bonds is 5. The summed E-state index contributed by atoms with van der Waals surface area (Å²) in [6, 6.07) is 14.0. The van der Waals surface area contributed by atoms with Gasteiger partial charge in [-0.1, -0.05) is 47.7 Å². The largest absolute Gasteiger partial charge is 0.343 e. The highest BCUT2D eigenvalue weighted by atomic mass is 32.1. The molecule has 2 aliphatic heterocycles. The summed E-state index contributed by atoms with van der Waals surface area (Å²) in [6.45, 7) is 3.85. The second kappa shape index (κ2) is 8.76. The van der Waals surface area contributed by atoms with Crippen LogP contribution >= 0.6 is 22.7 Å². The summed E-state index contributed by atoms with van der Waals surface area (Å²) in [5, 5.41) is 12.5. The van der Waals surface area contributed by atoms with Crippen LogP contribution < -0.4 is 4.90 Å². The van der Waals surface area contributed by atoms with Gasteiger partial charge >= 0.3 is 0 Å². The van der Waals surface area contributed by atoms with Gasteiger partial charge in [-0.25, -0.2) is 0 Å². The fourth-order valence-electron chi connectivity index (χ4n) is 4.11. The van der Waals surface area contributed by atoms with Crippen LogP contribution in [0.1, 0.15) is 12.0 Å². The Kier molecular flexibility index (Phi) is 5.69. The molecule has 1 aromatic carbocycles. The lowest BCUT2D eigenvalue weighted by Crippen LogP contribution is -2.50. The standard InChI is InChI=1S/C22H23N5O2S2/c28-19-13-17(15-27(19)14-16-5-2-1-3-6-16)21(29)25-8-10-26(11-9-25)22-24-23-20(31-22)18-7-4-12-30-18/h1-7,12,17H,8-11,13-15H2. The molecule has 5 rings (SSSR count). The number of benzene rings is 1. The van der Waals surface area contributed by atoms with Crippen LogP contribution in [0.4, 0.5) is 5.13 Å². The Hall–Kier alpha value is -2.78. The number of aromatic nitrogens is 2. The Morgan fingerprint density at radius 1 is 1.03 bits per heavy atom. The molecule has 2 aromatic heterocycles. The maximum atomic E-state index is 13.1. The molecule has 0 radical (unpaired) electrons. The molecule has 0 saturated carbocycles. The summed E-state index contributed by atoms with van der Waals surface area (Å²) in [6.07, 6.45) is 0.312. The molecule has 1 unspecified atom stereocenters. The molecule has 1 atom stereocenters. The van der Waals surface area contributed by atoms with Crippen LogP contribution in [-0.4, -0.2) is 64.5 Å². The van der Waals surface area contributed by atoms with Crippen LogP contribution in [0.5, 0.6) is 0 Å². The van der Waals surface area contributed by atoms with Crippen molar-refractivity contribution in [2.24, 2.45) is 5.92 Å². The molecular weight excluding hydrogens is 430 g/mol. The van der Waals surface area contributed by atoms with Crippen molar-refractivity contribution in [2.45, 2.75) is 13.0 Å². The van der Waals surface area contributed by atoms with Gasteiger partial charge in [0, 0.05) is 45.7 Å². The number of carbonyl (C=O) groups excluding carboxylic acids is 2. The minimum Gasteiger partial charge on any atom is -0.343 e. The predicted octanol–water partition coefficient (Wildman–Crippen LogP) is 2.96. The number of thiophene rings is 1. The van der Waals surface area contributed by atoms with Crippen molar-refractivity contribution in [2.75, 3.05) is 37.6 Å². The highest BCUT2D eigenvalue weighted by Crippen LogP contribution is 2.32. The molecule has 2 fully saturated rings. The number of hydrogen-bond acceptors (Lipinski definition) is 7. The highest BCUT2D eigenvalue weighted by Gasteiger charge is 2.37. The van der Waals surface area contributed by atoms with Crippen molar-refractivity contribution >= 4 is 39.6 Å². The molecule has 2 aliphatic rings. The summed E-state index contributed by atoms with van der Waals surface area (Å²) in [4.78, 5) is 32.5. The third-order valence-corrected chi connectivity index (χ3v) is 7.81. The first-order chi connectivity index (χ1) is 15.2. The number of amides is 2. The third-order valence-electron chi connectivity index (χ3n) is 5.79. The van der Waals surface area contributed by atoms with Crippen molar-refractivity contribution in [3.05, 3.63) is 53.4 Å². The fourth-order valence-corrected chi connectivity index (χ4v) is 5.80. The van der Waals surface area contributed by atoms with Gasteiger partial charge in [-0.3, -0.25) is 9.59 Å². The Bertz CT molecular complexity index is 1050. The molecule has 0 N–H and O–H groups in total. The van der Waals surface area contributed by atoms with E-state index in [1.807, 2.05) is 51.6 Å². The van der Waals surface area contributed by atoms with Gasteiger partial charge in [0.15, 0.2) is 5.01 Å². The average Bonchev–Trinajstić information content (AvgIpc) is 3.56. The SMILES string of the molecule is O=C1CC(C(=O)N2CCN(c3nnc(-c4cccs4)s3)CC2)CN1Cc1ccccc1. The summed E-state index contributed by atoms with van der Waals surface area (Å²) in [5.74, 6) is -0.0781. The number of nitrogens with zero attached hydrogens (tertiary/aromatic N) is 5. The van der Waals surface area contributed by atoms with Crippen LogP contribution in [0.15, 0.2) is 47.8 Å². The van der Waals surface area contributed by atoms with Crippen LogP contribution in [0.25, 0.3) is 9.88 Å². The van der Waals surface area contributed by atoms with E-state index in [4.69, 9.17) is 0 Å².